The molecule has 0 bridgehead atoms. The van der Waals surface area contributed by atoms with Gasteiger partial charge in [0.05, 0.1) is 21.8 Å². The van der Waals surface area contributed by atoms with Gasteiger partial charge < -0.3 is 23.8 Å². The predicted octanol–water partition coefficient (Wildman–Crippen LogP) is 4.89. The van der Waals surface area contributed by atoms with Gasteiger partial charge in [0.15, 0.2) is 0 Å². The zero-order valence-corrected chi connectivity index (χ0v) is 26.6. The van der Waals surface area contributed by atoms with E-state index in [1.165, 1.54) is 5.19 Å². The molecule has 0 N–H and O–H groups in total. The molecule has 0 amide bonds. The molecule has 0 spiro atoms. The molecule has 1 fully saturated rings. The molecule has 3 aromatic rings. The number of para-hydroxylation sites is 2. The molecule has 228 valence electrons. The second-order valence-corrected chi connectivity index (χ2v) is 17.2. The third kappa shape index (κ3) is 7.47. The smallest absolute Gasteiger partial charge is 0.341 e. The Bertz CT molecular complexity index is 1380. The first-order chi connectivity index (χ1) is 20.7. The van der Waals surface area contributed by atoms with Crippen molar-refractivity contribution in [3.8, 4) is 17.2 Å². The molecule has 3 aromatic carbocycles. The Hall–Kier alpha value is -3.66. The van der Waals surface area contributed by atoms with Gasteiger partial charge in [-0.3, -0.25) is 9.69 Å². The quantitative estimate of drug-likeness (QED) is 0.175. The van der Waals surface area contributed by atoms with Crippen molar-refractivity contribution in [2.45, 2.75) is 32.0 Å². The molecular formula is C34H42N2O6Si. The van der Waals surface area contributed by atoms with E-state index < -0.39 is 14.0 Å². The minimum absolute atomic E-state index is 0.243. The van der Waals surface area contributed by atoms with Gasteiger partial charge in [0.2, 0.25) is 0 Å². The summed E-state index contributed by atoms with van der Waals surface area (Å²) in [7, 11) is 0.0834. The lowest BCUT2D eigenvalue weighted by atomic mass is 9.88. The van der Waals surface area contributed by atoms with Crippen LogP contribution in [-0.2, 0) is 14.3 Å². The van der Waals surface area contributed by atoms with Crippen LogP contribution in [0.5, 0.6) is 17.2 Å². The summed E-state index contributed by atoms with van der Waals surface area (Å²) in [5.41, 5.74) is 2.15. The van der Waals surface area contributed by atoms with E-state index in [0.29, 0.717) is 42.6 Å². The normalized spacial score (nSPS) is 15.6. The average molecular weight is 603 g/mol. The SMILES string of the molecule is COc1cc([Si](C)(C)C)ccc1C(=O)OCCN1CCN(CCCOC(=O)C2c3ccccc3Oc3ccccc32)CC1. The van der Waals surface area contributed by atoms with Gasteiger partial charge in [0.1, 0.15) is 35.3 Å². The maximum Gasteiger partial charge on any atom is 0.341 e. The van der Waals surface area contributed by atoms with Crippen LogP contribution in [0.15, 0.2) is 66.7 Å². The van der Waals surface area contributed by atoms with E-state index in [2.05, 4.69) is 29.4 Å². The number of carbonyl (C=O) groups excluding carboxylic acids is 2. The van der Waals surface area contributed by atoms with Gasteiger partial charge in [-0.15, -0.1) is 0 Å². The molecule has 2 heterocycles. The Morgan fingerprint density at radius 1 is 0.814 bits per heavy atom. The lowest BCUT2D eigenvalue weighted by molar-refractivity contribution is -0.144. The van der Waals surface area contributed by atoms with E-state index in [0.717, 1.165) is 50.3 Å². The topological polar surface area (TPSA) is 77.5 Å². The summed E-state index contributed by atoms with van der Waals surface area (Å²) in [5.74, 6) is 0.904. The van der Waals surface area contributed by atoms with Gasteiger partial charge in [0.25, 0.3) is 0 Å². The van der Waals surface area contributed by atoms with Gasteiger partial charge in [-0.05, 0) is 30.7 Å². The fourth-order valence-electron chi connectivity index (χ4n) is 5.62. The summed E-state index contributed by atoms with van der Waals surface area (Å²) < 4.78 is 22.9. The lowest BCUT2D eigenvalue weighted by Crippen LogP contribution is -2.47. The summed E-state index contributed by atoms with van der Waals surface area (Å²) in [4.78, 5) is 30.6. The van der Waals surface area contributed by atoms with E-state index in [-0.39, 0.29) is 11.9 Å². The highest BCUT2D eigenvalue weighted by Crippen LogP contribution is 2.44. The third-order valence-electron chi connectivity index (χ3n) is 8.17. The van der Waals surface area contributed by atoms with Gasteiger partial charge >= 0.3 is 11.9 Å². The van der Waals surface area contributed by atoms with Crippen molar-refractivity contribution in [1.29, 1.82) is 0 Å². The highest BCUT2D eigenvalue weighted by atomic mass is 28.3. The molecule has 0 aromatic heterocycles. The minimum atomic E-state index is -1.51. The second-order valence-electron chi connectivity index (χ2n) is 12.1. The first-order valence-electron chi connectivity index (χ1n) is 15.1. The first-order valence-corrected chi connectivity index (χ1v) is 18.6. The van der Waals surface area contributed by atoms with Crippen molar-refractivity contribution in [2.24, 2.45) is 0 Å². The number of carbonyl (C=O) groups is 2. The number of methoxy groups -OCH3 is 1. The monoisotopic (exact) mass is 602 g/mol. The van der Waals surface area contributed by atoms with E-state index in [1.54, 1.807) is 7.11 Å². The standard InChI is InChI=1S/C34H42N2O6Si/c1-39-31-24-25(43(2,3)4)14-15-28(31)33(37)41-23-21-36-19-17-35(18-20-36)16-9-22-40-34(38)32-26-10-5-7-12-29(26)42-30-13-8-6-11-27(30)32/h5-8,10-15,24,32H,9,16-23H2,1-4H3. The zero-order chi connectivity index (χ0) is 30.4. The zero-order valence-electron chi connectivity index (χ0n) is 25.6. The molecule has 1 saturated heterocycles. The van der Waals surface area contributed by atoms with Gasteiger partial charge in [-0.1, -0.05) is 67.3 Å². The number of piperazine rings is 1. The Morgan fingerprint density at radius 3 is 2.02 bits per heavy atom. The Balaban J connectivity index is 1.02. The summed E-state index contributed by atoms with van der Waals surface area (Å²) in [6.07, 6.45) is 0.772. The Morgan fingerprint density at radius 2 is 1.42 bits per heavy atom. The molecule has 0 saturated carbocycles. The summed E-state index contributed by atoms with van der Waals surface area (Å²) in [5, 5.41) is 1.24. The Kier molecular flexibility index (Phi) is 9.85. The molecule has 5 rings (SSSR count). The molecule has 2 aliphatic heterocycles. The van der Waals surface area contributed by atoms with E-state index in [1.807, 2.05) is 66.7 Å². The summed E-state index contributed by atoms with van der Waals surface area (Å²) in [6.45, 7) is 12.7. The molecule has 43 heavy (non-hydrogen) atoms. The van der Waals surface area contributed by atoms with E-state index >= 15 is 0 Å². The van der Waals surface area contributed by atoms with Gasteiger partial charge in [-0.25, -0.2) is 4.79 Å². The maximum atomic E-state index is 13.2. The van der Waals surface area contributed by atoms with Crippen LogP contribution in [0.3, 0.4) is 0 Å². The number of fused-ring (bicyclic) bond motifs is 2. The van der Waals surface area contributed by atoms with Crippen molar-refractivity contribution in [1.82, 2.24) is 9.80 Å². The second kappa shape index (κ2) is 13.8. The molecule has 0 atom stereocenters. The fraction of sp³-hybridized carbons (Fsp3) is 0.412. The number of ether oxygens (including phenoxy) is 4. The summed E-state index contributed by atoms with van der Waals surface area (Å²) in [6, 6.07) is 21.1. The van der Waals surface area contributed by atoms with Crippen molar-refractivity contribution in [2.75, 3.05) is 59.6 Å². The van der Waals surface area contributed by atoms with Crippen molar-refractivity contribution >= 4 is 25.2 Å². The number of hydrogen-bond donors (Lipinski definition) is 0. The molecule has 8 nitrogen and oxygen atoms in total. The van der Waals surface area contributed by atoms with Crippen LogP contribution in [0.25, 0.3) is 0 Å². The third-order valence-corrected chi connectivity index (χ3v) is 10.2. The highest BCUT2D eigenvalue weighted by Gasteiger charge is 2.33. The minimum Gasteiger partial charge on any atom is -0.496 e. The van der Waals surface area contributed by atoms with Gasteiger partial charge in [-0.2, -0.15) is 0 Å². The molecular weight excluding hydrogens is 560 g/mol. The molecule has 2 aliphatic rings. The number of rotatable bonds is 11. The number of hydrogen-bond acceptors (Lipinski definition) is 8. The maximum absolute atomic E-state index is 13.2. The van der Waals surface area contributed by atoms with Crippen molar-refractivity contribution in [3.63, 3.8) is 0 Å². The van der Waals surface area contributed by atoms with Crippen molar-refractivity contribution < 1.29 is 28.5 Å². The number of esters is 2. The fourth-order valence-corrected chi connectivity index (χ4v) is 6.76. The largest absolute Gasteiger partial charge is 0.496 e. The Labute approximate surface area is 255 Å². The first kappa shape index (κ1) is 30.8. The average Bonchev–Trinajstić information content (AvgIpc) is 3.01. The number of benzene rings is 3. The van der Waals surface area contributed by atoms with Crippen LogP contribution in [0.1, 0.15) is 33.8 Å². The molecule has 9 heteroatoms. The summed E-state index contributed by atoms with van der Waals surface area (Å²) >= 11 is 0. The van der Waals surface area contributed by atoms with Crippen LogP contribution < -0.4 is 14.7 Å². The lowest BCUT2D eigenvalue weighted by Gasteiger charge is -2.34. The van der Waals surface area contributed by atoms with Gasteiger partial charge in [0, 0.05) is 50.4 Å². The molecule has 0 aliphatic carbocycles. The molecule has 0 unspecified atom stereocenters. The molecule has 0 radical (unpaired) electrons. The van der Waals surface area contributed by atoms with Crippen LogP contribution in [0.4, 0.5) is 0 Å². The predicted molar refractivity (Wildman–Crippen MR) is 170 cm³/mol. The van der Waals surface area contributed by atoms with Crippen LogP contribution in [-0.4, -0.2) is 89.4 Å². The number of nitrogens with zero attached hydrogens (tertiary/aromatic N) is 2. The van der Waals surface area contributed by atoms with Crippen LogP contribution in [0, 0.1) is 0 Å². The van der Waals surface area contributed by atoms with E-state index in [9.17, 15) is 9.59 Å². The van der Waals surface area contributed by atoms with Crippen LogP contribution in [0.2, 0.25) is 19.6 Å². The van der Waals surface area contributed by atoms with E-state index in [4.69, 9.17) is 18.9 Å². The highest BCUT2D eigenvalue weighted by molar-refractivity contribution is 6.88. The van der Waals surface area contributed by atoms with Crippen LogP contribution >= 0.6 is 0 Å². The van der Waals surface area contributed by atoms with Crippen molar-refractivity contribution in [3.05, 3.63) is 83.4 Å².